The summed E-state index contributed by atoms with van der Waals surface area (Å²) in [6, 6.07) is 12.8. The third-order valence-corrected chi connectivity index (χ3v) is 4.55. The number of aliphatic hydroxyl groups is 1. The van der Waals surface area contributed by atoms with Crippen LogP contribution in [-0.2, 0) is 22.6 Å². The number of carbonyl (C=O) groups excluding carboxylic acids is 2. The van der Waals surface area contributed by atoms with Crippen LogP contribution in [0, 0.1) is 0 Å². The Morgan fingerprint density at radius 1 is 1.12 bits per heavy atom. The van der Waals surface area contributed by atoms with E-state index in [1.54, 1.807) is 12.1 Å². The van der Waals surface area contributed by atoms with Gasteiger partial charge >= 0.3 is 5.97 Å². The van der Waals surface area contributed by atoms with Gasteiger partial charge in [0.05, 0.1) is 19.8 Å². The summed E-state index contributed by atoms with van der Waals surface area (Å²) < 4.78 is 15.8. The van der Waals surface area contributed by atoms with Gasteiger partial charge in [-0.3, -0.25) is 4.79 Å². The summed E-state index contributed by atoms with van der Waals surface area (Å²) in [6.07, 6.45) is 0.225. The van der Waals surface area contributed by atoms with E-state index in [0.29, 0.717) is 23.5 Å². The van der Waals surface area contributed by atoms with Gasteiger partial charge < -0.3 is 19.3 Å². The van der Waals surface area contributed by atoms with Crippen LogP contribution in [-0.4, -0.2) is 36.7 Å². The molecule has 2 aromatic carbocycles. The van der Waals surface area contributed by atoms with Gasteiger partial charge in [0, 0.05) is 5.56 Å². The Morgan fingerprint density at radius 3 is 2.46 bits per heavy atom. The van der Waals surface area contributed by atoms with Crippen LogP contribution in [0.5, 0.6) is 11.5 Å². The minimum absolute atomic E-state index is 0.0655. The van der Waals surface area contributed by atoms with E-state index in [2.05, 4.69) is 4.74 Å². The van der Waals surface area contributed by atoms with E-state index >= 15 is 0 Å². The van der Waals surface area contributed by atoms with E-state index < -0.39 is 17.4 Å². The van der Waals surface area contributed by atoms with Gasteiger partial charge in [0.2, 0.25) is 11.4 Å². The number of esters is 1. The van der Waals surface area contributed by atoms with E-state index in [1.807, 2.05) is 30.3 Å². The predicted octanol–water partition coefficient (Wildman–Crippen LogP) is 2.31. The largest absolute Gasteiger partial charge is 0.496 e. The molecule has 0 aliphatic heterocycles. The number of carbonyl (C=O) groups is 2. The number of hydrogen-bond donors (Lipinski definition) is 1. The molecule has 1 aliphatic carbocycles. The van der Waals surface area contributed by atoms with Crippen molar-refractivity contribution in [2.24, 2.45) is 0 Å². The number of rotatable bonds is 5. The molecule has 2 aromatic rings. The van der Waals surface area contributed by atoms with E-state index in [4.69, 9.17) is 9.47 Å². The molecule has 6 nitrogen and oxygen atoms in total. The normalized spacial score (nSPS) is 18.8. The van der Waals surface area contributed by atoms with E-state index in [0.717, 1.165) is 12.7 Å². The van der Waals surface area contributed by atoms with Gasteiger partial charge in [0.1, 0.15) is 18.1 Å². The lowest BCUT2D eigenvalue weighted by atomic mass is 9.78. The molecule has 6 heteroatoms. The fourth-order valence-electron chi connectivity index (χ4n) is 3.14. The van der Waals surface area contributed by atoms with Crippen molar-refractivity contribution in [3.05, 3.63) is 59.2 Å². The standard InChI is InChI=1S/C20H20O6/c1-24-15-8-9-16(26-12-13-6-4-3-5-7-13)17-14(15)10-11-20(23,18(17)21)19(22)25-2/h3-9,23H,10-12H2,1-2H3/t20-/m0/s1. The highest BCUT2D eigenvalue weighted by molar-refractivity contribution is 6.18. The Morgan fingerprint density at radius 2 is 1.81 bits per heavy atom. The zero-order chi connectivity index (χ0) is 18.7. The highest BCUT2D eigenvalue weighted by Gasteiger charge is 2.50. The summed E-state index contributed by atoms with van der Waals surface area (Å²) in [7, 11) is 2.65. The first-order chi connectivity index (χ1) is 12.5. The molecule has 0 unspecified atom stereocenters. The molecule has 0 fully saturated rings. The molecule has 3 rings (SSSR count). The fourth-order valence-corrected chi connectivity index (χ4v) is 3.14. The Kier molecular flexibility index (Phi) is 4.95. The van der Waals surface area contributed by atoms with Gasteiger partial charge in [0.25, 0.3) is 0 Å². The third kappa shape index (κ3) is 3.04. The van der Waals surface area contributed by atoms with Crippen LogP contribution in [0.1, 0.15) is 27.9 Å². The first-order valence-corrected chi connectivity index (χ1v) is 8.23. The van der Waals surface area contributed by atoms with Crippen LogP contribution in [0.4, 0.5) is 0 Å². The maximum Gasteiger partial charge on any atom is 0.346 e. The molecule has 1 atom stereocenters. The van der Waals surface area contributed by atoms with Gasteiger partial charge in [-0.15, -0.1) is 0 Å². The lowest BCUT2D eigenvalue weighted by Crippen LogP contribution is -2.50. The van der Waals surface area contributed by atoms with Gasteiger partial charge in [-0.05, 0) is 30.5 Å². The minimum atomic E-state index is -2.21. The molecule has 26 heavy (non-hydrogen) atoms. The molecule has 0 amide bonds. The summed E-state index contributed by atoms with van der Waals surface area (Å²) in [5.41, 5.74) is -0.487. The van der Waals surface area contributed by atoms with Crippen LogP contribution in [0.2, 0.25) is 0 Å². The number of fused-ring (bicyclic) bond motifs is 1. The van der Waals surface area contributed by atoms with Crippen molar-refractivity contribution in [3.8, 4) is 11.5 Å². The maximum atomic E-state index is 13.0. The van der Waals surface area contributed by atoms with Crippen molar-refractivity contribution in [1.29, 1.82) is 0 Å². The first kappa shape index (κ1) is 17.9. The molecular weight excluding hydrogens is 336 g/mol. The molecule has 0 saturated carbocycles. The Bertz CT molecular complexity index is 830. The smallest absolute Gasteiger partial charge is 0.346 e. The topological polar surface area (TPSA) is 82.1 Å². The van der Waals surface area contributed by atoms with E-state index in [-0.39, 0.29) is 18.6 Å². The second kappa shape index (κ2) is 7.17. The third-order valence-electron chi connectivity index (χ3n) is 4.55. The van der Waals surface area contributed by atoms with Gasteiger partial charge in [-0.2, -0.15) is 0 Å². The van der Waals surface area contributed by atoms with Gasteiger partial charge in [0.15, 0.2) is 0 Å². The van der Waals surface area contributed by atoms with Crippen molar-refractivity contribution in [1.82, 2.24) is 0 Å². The molecule has 0 saturated heterocycles. The van der Waals surface area contributed by atoms with Crippen molar-refractivity contribution < 1.29 is 28.9 Å². The predicted molar refractivity (Wildman–Crippen MR) is 93.4 cm³/mol. The lowest BCUT2D eigenvalue weighted by molar-refractivity contribution is -0.157. The molecule has 1 aliphatic rings. The lowest BCUT2D eigenvalue weighted by Gasteiger charge is -2.31. The summed E-state index contributed by atoms with van der Waals surface area (Å²) >= 11 is 0. The van der Waals surface area contributed by atoms with Gasteiger partial charge in [-0.25, -0.2) is 4.79 Å². The number of hydrogen-bond acceptors (Lipinski definition) is 6. The second-order valence-corrected chi connectivity index (χ2v) is 6.07. The molecule has 0 bridgehead atoms. The SMILES string of the molecule is COC(=O)[C@]1(O)CCc2c(OC)ccc(OCc3ccccc3)c2C1=O. The van der Waals surface area contributed by atoms with Crippen LogP contribution in [0.3, 0.4) is 0 Å². The zero-order valence-corrected chi connectivity index (χ0v) is 14.7. The van der Waals surface area contributed by atoms with Crippen LogP contribution in [0.15, 0.2) is 42.5 Å². The summed E-state index contributed by atoms with van der Waals surface area (Å²) in [6.45, 7) is 0.254. The summed E-state index contributed by atoms with van der Waals surface area (Å²) in [5.74, 6) is -0.874. The highest BCUT2D eigenvalue weighted by Crippen LogP contribution is 2.40. The van der Waals surface area contributed by atoms with Crippen molar-refractivity contribution in [2.75, 3.05) is 14.2 Å². The number of ether oxygens (including phenoxy) is 3. The molecule has 0 radical (unpaired) electrons. The van der Waals surface area contributed by atoms with Crippen LogP contribution < -0.4 is 9.47 Å². The minimum Gasteiger partial charge on any atom is -0.496 e. The number of benzene rings is 2. The van der Waals surface area contributed by atoms with Gasteiger partial charge in [-0.1, -0.05) is 30.3 Å². The Balaban J connectivity index is 2.00. The Labute approximate surface area is 151 Å². The number of methoxy groups -OCH3 is 2. The number of Topliss-reactive ketones (excluding diaryl/α,β-unsaturated/α-hetero) is 1. The molecule has 1 N–H and O–H groups in total. The summed E-state index contributed by atoms with van der Waals surface area (Å²) in [5, 5.41) is 10.6. The summed E-state index contributed by atoms with van der Waals surface area (Å²) in [4.78, 5) is 24.9. The number of ketones is 1. The average Bonchev–Trinajstić information content (AvgIpc) is 2.68. The molecule has 0 spiro atoms. The van der Waals surface area contributed by atoms with Crippen LogP contribution in [0.25, 0.3) is 0 Å². The molecule has 136 valence electrons. The highest BCUT2D eigenvalue weighted by atomic mass is 16.5. The molecule has 0 heterocycles. The van der Waals surface area contributed by atoms with Crippen molar-refractivity contribution in [2.45, 2.75) is 25.0 Å². The molecular formula is C20H20O6. The molecule has 0 aromatic heterocycles. The fraction of sp³-hybridized carbons (Fsp3) is 0.300. The quantitative estimate of drug-likeness (QED) is 0.654. The average molecular weight is 356 g/mol. The van der Waals surface area contributed by atoms with E-state index in [1.165, 1.54) is 7.11 Å². The van der Waals surface area contributed by atoms with Crippen LogP contribution >= 0.6 is 0 Å². The van der Waals surface area contributed by atoms with Crippen molar-refractivity contribution in [3.63, 3.8) is 0 Å². The second-order valence-electron chi connectivity index (χ2n) is 6.07. The maximum absolute atomic E-state index is 13.0. The van der Waals surface area contributed by atoms with E-state index in [9.17, 15) is 14.7 Å². The first-order valence-electron chi connectivity index (χ1n) is 8.23. The monoisotopic (exact) mass is 356 g/mol. The zero-order valence-electron chi connectivity index (χ0n) is 14.7. The Hall–Kier alpha value is -2.86. The van der Waals surface area contributed by atoms with Crippen molar-refractivity contribution >= 4 is 11.8 Å².